The molecule has 1 spiro atoms. The third kappa shape index (κ3) is 5.62. The summed E-state index contributed by atoms with van der Waals surface area (Å²) in [4.78, 5) is 17.8. The van der Waals surface area contributed by atoms with Gasteiger partial charge in [-0.25, -0.2) is 17.6 Å². The summed E-state index contributed by atoms with van der Waals surface area (Å²) in [6.07, 6.45) is 4.14. The number of amides is 1. The third-order valence-corrected chi connectivity index (χ3v) is 6.26. The van der Waals surface area contributed by atoms with Crippen LogP contribution in [0.2, 0.25) is 0 Å². The second-order valence-electron chi connectivity index (χ2n) is 9.16. The van der Waals surface area contributed by atoms with E-state index in [2.05, 4.69) is 36.0 Å². The van der Waals surface area contributed by atoms with Gasteiger partial charge in [0.05, 0.1) is 24.1 Å². The molecule has 1 aliphatic heterocycles. The smallest absolute Gasteiger partial charge is 0.392 e. The number of nitrogens with zero attached hydrogens (tertiary/aromatic N) is 1. The topological polar surface area (TPSA) is 106 Å². The molecular formula is C20H28FN3O5S. The Morgan fingerprint density at radius 2 is 1.97 bits per heavy atom. The van der Waals surface area contributed by atoms with E-state index >= 15 is 0 Å². The molecule has 1 saturated carbocycles. The monoisotopic (exact) mass is 441 g/mol. The van der Waals surface area contributed by atoms with Crippen LogP contribution in [0, 0.1) is 17.2 Å². The number of benzene rings is 1. The van der Waals surface area contributed by atoms with E-state index in [9.17, 15) is 17.6 Å². The van der Waals surface area contributed by atoms with Crippen molar-refractivity contribution in [3.63, 3.8) is 0 Å². The van der Waals surface area contributed by atoms with E-state index in [4.69, 9.17) is 9.57 Å². The van der Waals surface area contributed by atoms with Gasteiger partial charge in [0.2, 0.25) is 15.9 Å². The number of carbonyl (C=O) groups excluding carboxylic acids is 1. The van der Waals surface area contributed by atoms with Crippen LogP contribution in [0.25, 0.3) is 0 Å². The summed E-state index contributed by atoms with van der Waals surface area (Å²) in [5.74, 6) is 0.0240. The quantitative estimate of drug-likeness (QED) is 0.721. The SMILES string of the molecule is CC(C)(C)C1CCC2(CC1)CC(OC(=O)Nc1cc(NS(C)(=O)=O)ccc1F)=NO2. The minimum Gasteiger partial charge on any atom is -0.392 e. The molecule has 1 amide bonds. The minimum absolute atomic E-state index is 0.116. The van der Waals surface area contributed by atoms with Crippen molar-refractivity contribution in [1.82, 2.24) is 0 Å². The number of oxime groups is 1. The van der Waals surface area contributed by atoms with Crippen molar-refractivity contribution in [2.24, 2.45) is 16.5 Å². The van der Waals surface area contributed by atoms with Crippen molar-refractivity contribution in [1.29, 1.82) is 0 Å². The van der Waals surface area contributed by atoms with E-state index in [0.29, 0.717) is 12.3 Å². The van der Waals surface area contributed by atoms with Crippen molar-refractivity contribution < 1.29 is 27.2 Å². The second-order valence-corrected chi connectivity index (χ2v) is 10.9. The fraction of sp³-hybridized carbons (Fsp3) is 0.600. The predicted octanol–water partition coefficient (Wildman–Crippen LogP) is 4.45. The number of rotatable bonds is 3. The Bertz CT molecular complexity index is 948. The first-order valence-corrected chi connectivity index (χ1v) is 11.8. The number of anilines is 2. The van der Waals surface area contributed by atoms with Gasteiger partial charge in [-0.15, -0.1) is 0 Å². The average Bonchev–Trinajstić information content (AvgIpc) is 2.98. The Morgan fingerprint density at radius 3 is 2.57 bits per heavy atom. The number of halogens is 1. The highest BCUT2D eigenvalue weighted by molar-refractivity contribution is 7.92. The van der Waals surface area contributed by atoms with Crippen molar-refractivity contribution in [2.75, 3.05) is 16.3 Å². The van der Waals surface area contributed by atoms with E-state index in [1.165, 1.54) is 12.1 Å². The van der Waals surface area contributed by atoms with E-state index in [1.807, 2.05) is 0 Å². The maximum atomic E-state index is 14.0. The Hall–Kier alpha value is -2.36. The summed E-state index contributed by atoms with van der Waals surface area (Å²) in [6, 6.07) is 3.46. The Balaban J connectivity index is 1.56. The normalized spacial score (nSPS) is 24.2. The van der Waals surface area contributed by atoms with E-state index in [0.717, 1.165) is 38.0 Å². The standard InChI is InChI=1S/C20H28FN3O5S/c1-19(2,3)13-7-9-20(10-8-13)12-17(23-29-20)28-18(25)22-16-11-14(5-6-15(16)21)24-30(4,26)27/h5-6,11,13,24H,7-10,12H2,1-4H3,(H,22,25). The molecule has 0 radical (unpaired) electrons. The molecule has 3 rings (SSSR count). The van der Waals surface area contributed by atoms with Crippen LogP contribution >= 0.6 is 0 Å². The van der Waals surface area contributed by atoms with Crippen LogP contribution in [0.4, 0.5) is 20.6 Å². The highest BCUT2D eigenvalue weighted by Crippen LogP contribution is 2.46. The highest BCUT2D eigenvalue weighted by Gasteiger charge is 2.45. The first-order chi connectivity index (χ1) is 13.9. The Labute approximate surface area is 176 Å². The number of sulfonamides is 1. The van der Waals surface area contributed by atoms with Gasteiger partial charge in [-0.05, 0) is 55.2 Å². The van der Waals surface area contributed by atoms with Gasteiger partial charge in [-0.1, -0.05) is 25.9 Å². The summed E-state index contributed by atoms with van der Waals surface area (Å²) in [5.41, 5.74) is -0.300. The number of hydrogen-bond donors (Lipinski definition) is 2. The molecule has 0 unspecified atom stereocenters. The average molecular weight is 442 g/mol. The van der Waals surface area contributed by atoms with Gasteiger partial charge in [0.15, 0.2) is 0 Å². The molecular weight excluding hydrogens is 413 g/mol. The zero-order valence-corrected chi connectivity index (χ0v) is 18.4. The number of ether oxygens (including phenoxy) is 1. The summed E-state index contributed by atoms with van der Waals surface area (Å²) in [5, 5.41) is 6.19. The fourth-order valence-electron chi connectivity index (χ4n) is 3.96. The van der Waals surface area contributed by atoms with E-state index in [1.54, 1.807) is 0 Å². The number of hydrogen-bond acceptors (Lipinski definition) is 6. The lowest BCUT2D eigenvalue weighted by Gasteiger charge is -2.40. The van der Waals surface area contributed by atoms with Gasteiger partial charge < -0.3 is 9.57 Å². The molecule has 0 saturated heterocycles. The van der Waals surface area contributed by atoms with Crippen molar-refractivity contribution in [3.8, 4) is 0 Å². The van der Waals surface area contributed by atoms with Crippen molar-refractivity contribution >= 4 is 33.4 Å². The predicted molar refractivity (Wildman–Crippen MR) is 112 cm³/mol. The maximum absolute atomic E-state index is 14.0. The fourth-order valence-corrected chi connectivity index (χ4v) is 4.52. The molecule has 2 N–H and O–H groups in total. The zero-order valence-electron chi connectivity index (χ0n) is 17.6. The molecule has 166 valence electrons. The first kappa shape index (κ1) is 22.3. The van der Waals surface area contributed by atoms with Gasteiger partial charge in [-0.3, -0.25) is 10.0 Å². The second kappa shape index (κ2) is 8.05. The van der Waals surface area contributed by atoms with E-state index in [-0.39, 0.29) is 22.7 Å². The lowest BCUT2D eigenvalue weighted by atomic mass is 9.68. The van der Waals surface area contributed by atoms with Crippen LogP contribution in [0.1, 0.15) is 52.9 Å². The Morgan fingerprint density at radius 1 is 1.30 bits per heavy atom. The van der Waals surface area contributed by atoms with Crippen LogP contribution in [-0.2, 0) is 19.6 Å². The van der Waals surface area contributed by atoms with Crippen LogP contribution < -0.4 is 10.0 Å². The Kier molecular flexibility index (Phi) is 5.99. The molecule has 1 aromatic rings. The number of nitrogens with one attached hydrogen (secondary N) is 2. The van der Waals surface area contributed by atoms with Crippen LogP contribution in [0.5, 0.6) is 0 Å². The first-order valence-electron chi connectivity index (χ1n) is 9.86. The van der Waals surface area contributed by atoms with E-state index < -0.39 is 27.5 Å². The molecule has 30 heavy (non-hydrogen) atoms. The molecule has 2 aliphatic rings. The van der Waals surface area contributed by atoms with Crippen molar-refractivity contribution in [2.45, 2.75) is 58.5 Å². The largest absolute Gasteiger partial charge is 0.418 e. The molecule has 1 aromatic carbocycles. The van der Waals surface area contributed by atoms with Gasteiger partial charge in [-0.2, -0.15) is 0 Å². The molecule has 0 bridgehead atoms. The van der Waals surface area contributed by atoms with Crippen molar-refractivity contribution in [3.05, 3.63) is 24.0 Å². The van der Waals surface area contributed by atoms with Crippen LogP contribution in [0.3, 0.4) is 0 Å². The maximum Gasteiger partial charge on any atom is 0.418 e. The number of carbonyl (C=O) groups is 1. The lowest BCUT2D eigenvalue weighted by Crippen LogP contribution is -2.38. The molecule has 0 aromatic heterocycles. The summed E-state index contributed by atoms with van der Waals surface area (Å²) >= 11 is 0. The van der Waals surface area contributed by atoms with Gasteiger partial charge in [0.25, 0.3) is 0 Å². The molecule has 0 atom stereocenters. The third-order valence-electron chi connectivity index (χ3n) is 5.65. The zero-order chi connectivity index (χ0) is 22.2. The van der Waals surface area contributed by atoms with Crippen LogP contribution in [-0.4, -0.2) is 32.3 Å². The minimum atomic E-state index is -3.54. The highest BCUT2D eigenvalue weighted by atomic mass is 32.2. The van der Waals surface area contributed by atoms with Gasteiger partial charge in [0.1, 0.15) is 11.4 Å². The summed E-state index contributed by atoms with van der Waals surface area (Å²) in [6.45, 7) is 6.71. The lowest BCUT2D eigenvalue weighted by molar-refractivity contribution is -0.0640. The van der Waals surface area contributed by atoms with Crippen LogP contribution in [0.15, 0.2) is 23.4 Å². The summed E-state index contributed by atoms with van der Waals surface area (Å²) in [7, 11) is -3.54. The van der Waals surface area contributed by atoms with Gasteiger partial charge in [0, 0.05) is 0 Å². The molecule has 1 aliphatic carbocycles. The molecule has 1 fully saturated rings. The molecule has 10 heteroatoms. The molecule has 8 nitrogen and oxygen atoms in total. The molecule has 1 heterocycles. The summed E-state index contributed by atoms with van der Waals surface area (Å²) < 4.78 is 44.1. The van der Waals surface area contributed by atoms with Gasteiger partial charge >= 0.3 is 6.09 Å².